The van der Waals surface area contributed by atoms with Crippen molar-refractivity contribution in [3.05, 3.63) is 29.3 Å². The van der Waals surface area contributed by atoms with Crippen LogP contribution < -0.4 is 10.5 Å². The molecule has 0 unspecified atom stereocenters. The molecule has 0 bridgehead atoms. The van der Waals surface area contributed by atoms with E-state index in [2.05, 4.69) is 0 Å². The number of carbonyl (C=O) groups is 1. The summed E-state index contributed by atoms with van der Waals surface area (Å²) in [6.07, 6.45) is 0.106. The van der Waals surface area contributed by atoms with Crippen LogP contribution in [0.4, 0.5) is 8.78 Å². The molecule has 0 amide bonds. The van der Waals surface area contributed by atoms with Crippen LogP contribution in [0.2, 0.25) is 0 Å². The first-order valence-corrected chi connectivity index (χ1v) is 5.20. The molecule has 2 N–H and O–H groups in total. The van der Waals surface area contributed by atoms with Crippen molar-refractivity contribution in [1.82, 2.24) is 0 Å². The summed E-state index contributed by atoms with van der Waals surface area (Å²) in [6, 6.07) is 4.13. The molecule has 0 aliphatic heterocycles. The molecule has 17 heavy (non-hydrogen) atoms. The van der Waals surface area contributed by atoms with Gasteiger partial charge in [0.15, 0.2) is 5.78 Å². The topological polar surface area (TPSA) is 52.3 Å². The predicted molar refractivity (Wildman–Crippen MR) is 60.6 cm³/mol. The van der Waals surface area contributed by atoms with Gasteiger partial charge in [-0.15, -0.1) is 0 Å². The minimum absolute atomic E-state index is 0.0709. The number of ether oxygens (including phenoxy) is 1. The summed E-state index contributed by atoms with van der Waals surface area (Å²) in [7, 11) is 1.27. The Hall–Kier alpha value is -1.49. The first-order valence-electron chi connectivity index (χ1n) is 5.20. The van der Waals surface area contributed by atoms with Crippen molar-refractivity contribution < 1.29 is 18.3 Å². The van der Waals surface area contributed by atoms with Crippen molar-refractivity contribution in [3.8, 4) is 5.75 Å². The van der Waals surface area contributed by atoms with Crippen molar-refractivity contribution in [2.45, 2.75) is 19.3 Å². The van der Waals surface area contributed by atoms with Crippen molar-refractivity contribution in [2.24, 2.45) is 5.73 Å². The van der Waals surface area contributed by atoms with Gasteiger partial charge in [0.1, 0.15) is 5.75 Å². The number of methoxy groups -OCH3 is 1. The highest BCUT2D eigenvalue weighted by Gasteiger charge is 2.30. The average Bonchev–Trinajstić information content (AvgIpc) is 2.27. The number of hydrogen-bond acceptors (Lipinski definition) is 3. The number of alkyl halides is 2. The fourth-order valence-corrected chi connectivity index (χ4v) is 1.59. The van der Waals surface area contributed by atoms with E-state index in [9.17, 15) is 13.6 Å². The second-order valence-electron chi connectivity index (χ2n) is 3.74. The second-order valence-corrected chi connectivity index (χ2v) is 3.74. The molecular formula is C12H15F2NO2. The molecular weight excluding hydrogens is 228 g/mol. The van der Waals surface area contributed by atoms with Gasteiger partial charge in [0.05, 0.1) is 18.2 Å². The van der Waals surface area contributed by atoms with Crippen LogP contribution in [0.5, 0.6) is 5.75 Å². The van der Waals surface area contributed by atoms with Crippen molar-refractivity contribution >= 4 is 5.78 Å². The van der Waals surface area contributed by atoms with E-state index >= 15 is 0 Å². The molecule has 0 radical (unpaired) electrons. The number of carbonyl (C=O) groups excluding carboxylic acids is 1. The van der Waals surface area contributed by atoms with Crippen LogP contribution in [-0.4, -0.2) is 19.4 Å². The minimum Gasteiger partial charge on any atom is -0.495 e. The highest BCUT2D eigenvalue weighted by molar-refractivity contribution is 5.99. The quantitative estimate of drug-likeness (QED) is 0.807. The zero-order chi connectivity index (χ0) is 13.1. The first kappa shape index (κ1) is 13.6. The van der Waals surface area contributed by atoms with Gasteiger partial charge in [-0.1, -0.05) is 6.07 Å². The third kappa shape index (κ3) is 3.00. The Morgan fingerprint density at radius 3 is 2.59 bits per heavy atom. The fraction of sp³-hybridized carbons (Fsp3) is 0.417. The third-order valence-corrected chi connectivity index (χ3v) is 2.36. The molecule has 0 heterocycles. The number of nitrogens with two attached hydrogens (primary N) is 1. The van der Waals surface area contributed by atoms with E-state index < -0.39 is 5.92 Å². The highest BCUT2D eigenvalue weighted by atomic mass is 19.3. The zero-order valence-corrected chi connectivity index (χ0v) is 9.80. The predicted octanol–water partition coefficient (Wildman–Crippen LogP) is 2.34. The lowest BCUT2D eigenvalue weighted by Gasteiger charge is -2.17. The van der Waals surface area contributed by atoms with E-state index in [0.29, 0.717) is 0 Å². The second kappa shape index (κ2) is 5.23. The van der Waals surface area contributed by atoms with E-state index in [1.165, 1.54) is 25.3 Å². The Morgan fingerprint density at radius 1 is 1.47 bits per heavy atom. The largest absolute Gasteiger partial charge is 0.495 e. The van der Waals surface area contributed by atoms with E-state index in [-0.39, 0.29) is 35.6 Å². The van der Waals surface area contributed by atoms with Gasteiger partial charge in [0.25, 0.3) is 5.92 Å². The van der Waals surface area contributed by atoms with E-state index in [4.69, 9.17) is 10.5 Å². The first-order chi connectivity index (χ1) is 7.91. The number of Topliss-reactive ketones (excluding diaryl/α,β-unsaturated/α-hetero) is 1. The van der Waals surface area contributed by atoms with E-state index in [1.807, 2.05) is 0 Å². The molecule has 5 heteroatoms. The van der Waals surface area contributed by atoms with Gasteiger partial charge in [-0.3, -0.25) is 4.79 Å². The summed E-state index contributed by atoms with van der Waals surface area (Å²) in [5.41, 5.74) is 5.13. The monoisotopic (exact) mass is 243 g/mol. The van der Waals surface area contributed by atoms with Gasteiger partial charge >= 0.3 is 0 Å². The number of hydrogen-bond donors (Lipinski definition) is 1. The van der Waals surface area contributed by atoms with Crippen LogP contribution >= 0.6 is 0 Å². The Balaban J connectivity index is 3.29. The summed E-state index contributed by atoms with van der Waals surface area (Å²) in [6.45, 7) is 0.941. The van der Waals surface area contributed by atoms with Crippen LogP contribution in [0.3, 0.4) is 0 Å². The summed E-state index contributed by atoms with van der Waals surface area (Å²) >= 11 is 0. The molecule has 1 rings (SSSR count). The highest BCUT2D eigenvalue weighted by Crippen LogP contribution is 2.36. The van der Waals surface area contributed by atoms with Crippen LogP contribution in [-0.2, 0) is 5.92 Å². The Labute approximate surface area is 98.6 Å². The zero-order valence-electron chi connectivity index (χ0n) is 9.80. The van der Waals surface area contributed by atoms with Gasteiger partial charge in [-0.25, -0.2) is 8.78 Å². The van der Waals surface area contributed by atoms with Crippen molar-refractivity contribution in [3.63, 3.8) is 0 Å². The number of benzene rings is 1. The average molecular weight is 243 g/mol. The molecule has 0 aliphatic rings. The molecule has 3 nitrogen and oxygen atoms in total. The van der Waals surface area contributed by atoms with E-state index in [0.717, 1.165) is 6.92 Å². The van der Waals surface area contributed by atoms with Crippen LogP contribution in [0.25, 0.3) is 0 Å². The maximum absolute atomic E-state index is 13.3. The van der Waals surface area contributed by atoms with E-state index in [1.54, 1.807) is 0 Å². The Morgan fingerprint density at radius 2 is 2.12 bits per heavy atom. The number of halogens is 2. The maximum Gasteiger partial charge on any atom is 0.274 e. The molecule has 0 atom stereocenters. The Kier molecular flexibility index (Phi) is 4.17. The summed E-state index contributed by atoms with van der Waals surface area (Å²) < 4.78 is 31.6. The van der Waals surface area contributed by atoms with Crippen molar-refractivity contribution in [1.29, 1.82) is 0 Å². The molecule has 0 saturated carbocycles. The van der Waals surface area contributed by atoms with Gasteiger partial charge in [-0.05, 0) is 18.7 Å². The molecule has 0 aromatic heterocycles. The third-order valence-electron chi connectivity index (χ3n) is 2.36. The smallest absolute Gasteiger partial charge is 0.274 e. The number of ketones is 1. The van der Waals surface area contributed by atoms with Crippen LogP contribution in [0.1, 0.15) is 29.3 Å². The normalized spacial score (nSPS) is 11.4. The SMILES string of the molecule is COc1c(C(=O)CCN)cccc1C(C)(F)F. The molecule has 0 spiro atoms. The number of para-hydroxylation sites is 1. The van der Waals surface area contributed by atoms with Crippen molar-refractivity contribution in [2.75, 3.05) is 13.7 Å². The number of rotatable bonds is 5. The maximum atomic E-state index is 13.3. The molecule has 1 aromatic carbocycles. The minimum atomic E-state index is -3.05. The standard InChI is InChI=1S/C12H15F2NO2/c1-12(13,14)9-5-3-4-8(11(9)17-2)10(16)6-7-15/h3-5H,6-7,15H2,1-2H3. The lowest BCUT2D eigenvalue weighted by Crippen LogP contribution is -2.14. The lowest BCUT2D eigenvalue weighted by molar-refractivity contribution is 0.0150. The molecule has 94 valence electrons. The molecule has 1 aromatic rings. The van der Waals surface area contributed by atoms with Crippen LogP contribution in [0.15, 0.2) is 18.2 Å². The van der Waals surface area contributed by atoms with Crippen LogP contribution in [0, 0.1) is 0 Å². The summed E-state index contributed by atoms with van der Waals surface area (Å²) in [4.78, 5) is 11.7. The van der Waals surface area contributed by atoms with Gasteiger partial charge in [0, 0.05) is 13.3 Å². The molecule has 0 saturated heterocycles. The molecule has 0 fully saturated rings. The Bertz CT molecular complexity index is 413. The molecule has 0 aliphatic carbocycles. The fourth-order valence-electron chi connectivity index (χ4n) is 1.59. The lowest BCUT2D eigenvalue weighted by atomic mass is 10.00. The summed E-state index contributed by atoms with van der Waals surface area (Å²) in [5.74, 6) is -3.42. The summed E-state index contributed by atoms with van der Waals surface area (Å²) in [5, 5.41) is 0. The van der Waals surface area contributed by atoms with Gasteiger partial charge in [0.2, 0.25) is 0 Å². The van der Waals surface area contributed by atoms with Gasteiger partial charge < -0.3 is 10.5 Å². The van der Waals surface area contributed by atoms with Gasteiger partial charge in [-0.2, -0.15) is 0 Å².